The standard InChI is InChI=1S/C16H23BrN2O2/c1-12-11-13(5-6-14(12)17)18-7-9-19(10-8-18)15(20)21-16(2,3)4/h5-6,11H,7-10H2,1-4H3. The van der Waals surface area contributed by atoms with Crippen molar-refractivity contribution in [3.8, 4) is 0 Å². The van der Waals surface area contributed by atoms with E-state index in [0.717, 1.165) is 17.6 Å². The van der Waals surface area contributed by atoms with Gasteiger partial charge in [0.05, 0.1) is 0 Å². The molecular formula is C16H23BrN2O2. The minimum Gasteiger partial charge on any atom is -0.444 e. The number of hydrogen-bond acceptors (Lipinski definition) is 3. The molecule has 0 atom stereocenters. The summed E-state index contributed by atoms with van der Waals surface area (Å²) in [6, 6.07) is 6.36. The molecular weight excluding hydrogens is 332 g/mol. The summed E-state index contributed by atoms with van der Waals surface area (Å²) >= 11 is 3.52. The average molecular weight is 355 g/mol. The molecule has 0 aliphatic carbocycles. The van der Waals surface area contributed by atoms with Crippen LogP contribution in [0, 0.1) is 6.92 Å². The molecule has 0 unspecified atom stereocenters. The molecule has 1 fully saturated rings. The van der Waals surface area contributed by atoms with Gasteiger partial charge in [-0.05, 0) is 51.5 Å². The maximum Gasteiger partial charge on any atom is 0.410 e. The number of piperazine rings is 1. The molecule has 1 amide bonds. The Morgan fingerprint density at radius 3 is 2.33 bits per heavy atom. The van der Waals surface area contributed by atoms with Crippen LogP contribution < -0.4 is 4.90 Å². The van der Waals surface area contributed by atoms with Crippen LogP contribution >= 0.6 is 15.9 Å². The second-order valence-electron chi connectivity index (χ2n) is 6.39. The van der Waals surface area contributed by atoms with Crippen LogP contribution in [0.15, 0.2) is 22.7 Å². The molecule has 116 valence electrons. The summed E-state index contributed by atoms with van der Waals surface area (Å²) in [7, 11) is 0. The Morgan fingerprint density at radius 1 is 1.19 bits per heavy atom. The highest BCUT2D eigenvalue weighted by molar-refractivity contribution is 9.10. The summed E-state index contributed by atoms with van der Waals surface area (Å²) < 4.78 is 6.54. The number of anilines is 1. The highest BCUT2D eigenvalue weighted by atomic mass is 79.9. The molecule has 0 radical (unpaired) electrons. The van der Waals surface area contributed by atoms with Crippen LogP contribution in [-0.4, -0.2) is 42.8 Å². The van der Waals surface area contributed by atoms with Crippen molar-refractivity contribution >= 4 is 27.7 Å². The first-order valence-electron chi connectivity index (χ1n) is 7.25. The number of amides is 1. The van der Waals surface area contributed by atoms with Crippen LogP contribution in [0.1, 0.15) is 26.3 Å². The van der Waals surface area contributed by atoms with Gasteiger partial charge in [-0.1, -0.05) is 15.9 Å². The topological polar surface area (TPSA) is 32.8 Å². The monoisotopic (exact) mass is 354 g/mol. The van der Waals surface area contributed by atoms with Crippen LogP contribution in [0.5, 0.6) is 0 Å². The summed E-state index contributed by atoms with van der Waals surface area (Å²) in [5, 5.41) is 0. The van der Waals surface area contributed by atoms with E-state index in [9.17, 15) is 4.79 Å². The zero-order chi connectivity index (χ0) is 15.6. The molecule has 21 heavy (non-hydrogen) atoms. The molecule has 0 N–H and O–H groups in total. The third kappa shape index (κ3) is 4.37. The normalized spacial score (nSPS) is 16.0. The Labute approximate surface area is 135 Å². The fourth-order valence-corrected chi connectivity index (χ4v) is 2.55. The Morgan fingerprint density at radius 2 is 1.81 bits per heavy atom. The summed E-state index contributed by atoms with van der Waals surface area (Å²) in [6.45, 7) is 10.8. The minimum atomic E-state index is -0.433. The van der Waals surface area contributed by atoms with E-state index >= 15 is 0 Å². The van der Waals surface area contributed by atoms with Crippen molar-refractivity contribution in [2.45, 2.75) is 33.3 Å². The van der Waals surface area contributed by atoms with Gasteiger partial charge >= 0.3 is 6.09 Å². The van der Waals surface area contributed by atoms with E-state index in [-0.39, 0.29) is 6.09 Å². The lowest BCUT2D eigenvalue weighted by Gasteiger charge is -2.36. The average Bonchev–Trinajstić information content (AvgIpc) is 2.40. The zero-order valence-corrected chi connectivity index (χ0v) is 14.7. The first-order valence-corrected chi connectivity index (χ1v) is 8.04. The highest BCUT2D eigenvalue weighted by Crippen LogP contribution is 2.24. The Bertz CT molecular complexity index is 517. The SMILES string of the molecule is Cc1cc(N2CCN(C(=O)OC(C)(C)C)CC2)ccc1Br. The maximum absolute atomic E-state index is 12.0. The first-order chi connectivity index (χ1) is 9.76. The summed E-state index contributed by atoms with van der Waals surface area (Å²) in [6.07, 6.45) is -0.214. The van der Waals surface area contributed by atoms with E-state index in [4.69, 9.17) is 4.74 Å². The van der Waals surface area contributed by atoms with Gasteiger partial charge in [-0.15, -0.1) is 0 Å². The Balaban J connectivity index is 1.94. The van der Waals surface area contributed by atoms with Crippen molar-refractivity contribution in [2.75, 3.05) is 31.1 Å². The lowest BCUT2D eigenvalue weighted by Crippen LogP contribution is -2.50. The Kier molecular flexibility index (Phi) is 4.81. The van der Waals surface area contributed by atoms with Crippen LogP contribution in [0.25, 0.3) is 0 Å². The fourth-order valence-electron chi connectivity index (χ4n) is 2.30. The molecule has 0 saturated carbocycles. The molecule has 4 nitrogen and oxygen atoms in total. The highest BCUT2D eigenvalue weighted by Gasteiger charge is 2.25. The maximum atomic E-state index is 12.0. The molecule has 5 heteroatoms. The van der Waals surface area contributed by atoms with Gasteiger partial charge in [0, 0.05) is 36.3 Å². The van der Waals surface area contributed by atoms with Crippen molar-refractivity contribution in [1.29, 1.82) is 0 Å². The molecule has 1 aliphatic heterocycles. The van der Waals surface area contributed by atoms with Gasteiger partial charge in [-0.3, -0.25) is 0 Å². The van der Waals surface area contributed by atoms with Crippen molar-refractivity contribution in [2.24, 2.45) is 0 Å². The zero-order valence-electron chi connectivity index (χ0n) is 13.1. The smallest absolute Gasteiger partial charge is 0.410 e. The van der Waals surface area contributed by atoms with Gasteiger partial charge in [0.15, 0.2) is 0 Å². The predicted octanol–water partition coefficient (Wildman–Crippen LogP) is 3.81. The summed E-state index contributed by atoms with van der Waals surface area (Å²) in [5.74, 6) is 0. The van der Waals surface area contributed by atoms with Crippen LogP contribution in [0.4, 0.5) is 10.5 Å². The van der Waals surface area contributed by atoms with Gasteiger partial charge < -0.3 is 14.5 Å². The number of rotatable bonds is 1. The summed E-state index contributed by atoms with van der Waals surface area (Å²) in [5.41, 5.74) is 2.00. The third-order valence-corrected chi connectivity index (χ3v) is 4.33. The largest absolute Gasteiger partial charge is 0.444 e. The van der Waals surface area contributed by atoms with Crippen LogP contribution in [0.3, 0.4) is 0 Å². The fraction of sp³-hybridized carbons (Fsp3) is 0.562. The molecule has 0 aromatic heterocycles. The molecule has 0 bridgehead atoms. The van der Waals surface area contributed by atoms with Crippen LogP contribution in [-0.2, 0) is 4.74 Å². The molecule has 2 rings (SSSR count). The number of ether oxygens (including phenoxy) is 1. The lowest BCUT2D eigenvalue weighted by atomic mass is 10.2. The third-order valence-electron chi connectivity index (χ3n) is 3.44. The number of carbonyl (C=O) groups excluding carboxylic acids is 1. The Hall–Kier alpha value is -1.23. The number of halogens is 1. The van der Waals surface area contributed by atoms with E-state index in [1.165, 1.54) is 11.3 Å². The quantitative estimate of drug-likeness (QED) is 0.768. The van der Waals surface area contributed by atoms with Crippen molar-refractivity contribution < 1.29 is 9.53 Å². The van der Waals surface area contributed by atoms with Crippen molar-refractivity contribution in [3.05, 3.63) is 28.2 Å². The minimum absolute atomic E-state index is 0.214. The molecule has 1 aromatic rings. The van der Waals surface area contributed by atoms with Gasteiger partial charge in [0.25, 0.3) is 0 Å². The van der Waals surface area contributed by atoms with Gasteiger partial charge in [0.2, 0.25) is 0 Å². The molecule has 1 saturated heterocycles. The number of aryl methyl sites for hydroxylation is 1. The van der Waals surface area contributed by atoms with E-state index in [2.05, 4.69) is 46.0 Å². The van der Waals surface area contributed by atoms with E-state index in [1.807, 2.05) is 20.8 Å². The second kappa shape index (κ2) is 6.26. The predicted molar refractivity (Wildman–Crippen MR) is 88.9 cm³/mol. The van der Waals surface area contributed by atoms with Crippen molar-refractivity contribution in [3.63, 3.8) is 0 Å². The number of benzene rings is 1. The molecule has 0 spiro atoms. The van der Waals surface area contributed by atoms with Crippen molar-refractivity contribution in [1.82, 2.24) is 4.90 Å². The van der Waals surface area contributed by atoms with E-state index in [0.29, 0.717) is 13.1 Å². The summed E-state index contributed by atoms with van der Waals surface area (Å²) in [4.78, 5) is 16.1. The van der Waals surface area contributed by atoms with Crippen LogP contribution in [0.2, 0.25) is 0 Å². The first kappa shape index (κ1) is 16.1. The van der Waals surface area contributed by atoms with E-state index < -0.39 is 5.60 Å². The van der Waals surface area contributed by atoms with Gasteiger partial charge in [-0.25, -0.2) is 4.79 Å². The number of nitrogens with zero attached hydrogens (tertiary/aromatic N) is 2. The van der Waals surface area contributed by atoms with E-state index in [1.54, 1.807) is 4.90 Å². The number of hydrogen-bond donors (Lipinski definition) is 0. The molecule has 1 aliphatic rings. The number of carbonyl (C=O) groups is 1. The van der Waals surface area contributed by atoms with Gasteiger partial charge in [-0.2, -0.15) is 0 Å². The molecule has 1 heterocycles. The van der Waals surface area contributed by atoms with Gasteiger partial charge in [0.1, 0.15) is 5.60 Å². The second-order valence-corrected chi connectivity index (χ2v) is 7.24. The lowest BCUT2D eigenvalue weighted by molar-refractivity contribution is 0.0240. The molecule has 1 aromatic carbocycles.